The van der Waals surface area contributed by atoms with Crippen molar-refractivity contribution in [2.75, 3.05) is 62.8 Å². The highest BCUT2D eigenvalue weighted by Gasteiger charge is 2.33. The topological polar surface area (TPSA) is 103 Å². The standard InChI is InChI=1S/C18H24N4O6S/c1-19(18(26)29)27-12-15-10-22(17(25)28-15)14-4-2-13(3-5-14)20-6-8-21(9-7-20)16(24)11-23/h2-5,15,23H,6-12H2,1H3,(H,26,29)/t15-/m0/s1. The van der Waals surface area contributed by atoms with Crippen LogP contribution in [0.25, 0.3) is 0 Å². The number of amides is 3. The van der Waals surface area contributed by atoms with Crippen molar-refractivity contribution < 1.29 is 29.1 Å². The van der Waals surface area contributed by atoms with Gasteiger partial charge in [-0.3, -0.25) is 19.3 Å². The minimum absolute atomic E-state index is 0.0555. The molecule has 1 atom stereocenters. The lowest BCUT2D eigenvalue weighted by Gasteiger charge is -2.36. The van der Waals surface area contributed by atoms with Crippen LogP contribution in [-0.2, 0) is 14.4 Å². The third-order valence-corrected chi connectivity index (χ3v) is 5.17. The minimum atomic E-state index is -0.539. The summed E-state index contributed by atoms with van der Waals surface area (Å²) in [5.41, 5.74) is 1.69. The number of aliphatic hydroxyl groups is 1. The molecule has 0 aromatic heterocycles. The van der Waals surface area contributed by atoms with E-state index in [9.17, 15) is 14.4 Å². The third kappa shape index (κ3) is 5.11. The fraction of sp³-hybridized carbons (Fsp3) is 0.500. The van der Waals surface area contributed by atoms with Gasteiger partial charge in [0.15, 0.2) is 0 Å². The minimum Gasteiger partial charge on any atom is -0.441 e. The Labute approximate surface area is 173 Å². The van der Waals surface area contributed by atoms with Crippen LogP contribution >= 0.6 is 12.6 Å². The lowest BCUT2D eigenvalue weighted by Crippen LogP contribution is -2.49. The van der Waals surface area contributed by atoms with Gasteiger partial charge in [-0.15, -0.1) is 0 Å². The summed E-state index contributed by atoms with van der Waals surface area (Å²) in [6, 6.07) is 7.52. The number of nitrogens with zero attached hydrogens (tertiary/aromatic N) is 4. The van der Waals surface area contributed by atoms with Crippen LogP contribution in [0.5, 0.6) is 0 Å². The first-order valence-electron chi connectivity index (χ1n) is 9.20. The van der Waals surface area contributed by atoms with E-state index < -0.39 is 24.0 Å². The highest BCUT2D eigenvalue weighted by molar-refractivity contribution is 7.96. The molecule has 0 radical (unpaired) electrons. The molecule has 1 N–H and O–H groups in total. The van der Waals surface area contributed by atoms with E-state index >= 15 is 0 Å². The summed E-state index contributed by atoms with van der Waals surface area (Å²) in [5.74, 6) is -0.254. The number of rotatable bonds is 6. The van der Waals surface area contributed by atoms with Crippen molar-refractivity contribution in [1.29, 1.82) is 0 Å². The molecule has 1 aromatic rings. The van der Waals surface area contributed by atoms with Gasteiger partial charge in [-0.05, 0) is 24.3 Å². The number of piperazine rings is 1. The summed E-state index contributed by atoms with van der Waals surface area (Å²) in [7, 11) is 1.43. The van der Waals surface area contributed by atoms with Crippen molar-refractivity contribution in [3.63, 3.8) is 0 Å². The first-order valence-corrected chi connectivity index (χ1v) is 9.65. The molecule has 0 aliphatic carbocycles. The smallest absolute Gasteiger partial charge is 0.414 e. The van der Waals surface area contributed by atoms with E-state index in [1.165, 1.54) is 11.9 Å². The predicted octanol–water partition coefficient (Wildman–Crippen LogP) is 0.566. The molecule has 2 aliphatic rings. The second-order valence-corrected chi connectivity index (χ2v) is 7.12. The maximum absolute atomic E-state index is 12.2. The number of thiol groups is 1. The number of benzene rings is 1. The Morgan fingerprint density at radius 1 is 1.21 bits per heavy atom. The van der Waals surface area contributed by atoms with Gasteiger partial charge in [0, 0.05) is 44.6 Å². The van der Waals surface area contributed by atoms with Crippen molar-refractivity contribution in [2.24, 2.45) is 0 Å². The molecule has 0 bridgehead atoms. The summed E-state index contributed by atoms with van der Waals surface area (Å²) in [6.45, 7) is 2.37. The molecule has 158 valence electrons. The van der Waals surface area contributed by atoms with Crippen molar-refractivity contribution in [2.45, 2.75) is 6.10 Å². The first-order chi connectivity index (χ1) is 13.9. The SMILES string of the molecule is CN(OC[C@@H]1CN(c2ccc(N3CCN(C(=O)CO)CC3)cc2)C(=O)O1)C(=O)S. The number of cyclic esters (lactones) is 1. The van der Waals surface area contributed by atoms with Gasteiger partial charge in [0.2, 0.25) is 5.91 Å². The maximum Gasteiger partial charge on any atom is 0.414 e. The zero-order valence-corrected chi connectivity index (χ0v) is 17.0. The fourth-order valence-electron chi connectivity index (χ4n) is 3.23. The number of carbonyl (C=O) groups is 3. The molecule has 29 heavy (non-hydrogen) atoms. The molecule has 11 heteroatoms. The highest BCUT2D eigenvalue weighted by atomic mass is 32.1. The van der Waals surface area contributed by atoms with Crippen LogP contribution in [0.15, 0.2) is 24.3 Å². The second kappa shape index (κ2) is 9.33. The van der Waals surface area contributed by atoms with Crippen LogP contribution in [0.1, 0.15) is 0 Å². The van der Waals surface area contributed by atoms with Crippen molar-refractivity contribution in [3.05, 3.63) is 24.3 Å². The highest BCUT2D eigenvalue weighted by Crippen LogP contribution is 2.25. The van der Waals surface area contributed by atoms with E-state index in [0.717, 1.165) is 10.8 Å². The average Bonchev–Trinajstić information content (AvgIpc) is 3.12. The summed E-state index contributed by atoms with van der Waals surface area (Å²) < 4.78 is 5.28. The Morgan fingerprint density at radius 2 is 1.83 bits per heavy atom. The number of carbonyl (C=O) groups excluding carboxylic acids is 3. The molecule has 2 saturated heterocycles. The summed E-state index contributed by atoms with van der Waals surface area (Å²) >= 11 is 3.64. The Kier molecular flexibility index (Phi) is 6.83. The second-order valence-electron chi connectivity index (χ2n) is 6.73. The van der Waals surface area contributed by atoms with E-state index in [1.54, 1.807) is 4.90 Å². The number of ether oxygens (including phenoxy) is 1. The molecule has 2 aliphatic heterocycles. The van der Waals surface area contributed by atoms with Gasteiger partial charge in [0.1, 0.15) is 19.3 Å². The van der Waals surface area contributed by atoms with Crippen LogP contribution in [0.2, 0.25) is 0 Å². The summed E-state index contributed by atoms with van der Waals surface area (Å²) in [6.07, 6.45) is -0.961. The molecule has 3 rings (SSSR count). The molecule has 1 aromatic carbocycles. The molecule has 0 spiro atoms. The quantitative estimate of drug-likeness (QED) is 0.508. The Balaban J connectivity index is 1.54. The Hall–Kier alpha value is -2.50. The molecule has 10 nitrogen and oxygen atoms in total. The molecule has 0 unspecified atom stereocenters. The van der Waals surface area contributed by atoms with E-state index in [2.05, 4.69) is 17.5 Å². The zero-order chi connectivity index (χ0) is 21.0. The Morgan fingerprint density at radius 3 is 2.41 bits per heavy atom. The van der Waals surface area contributed by atoms with E-state index in [1.807, 2.05) is 24.3 Å². The number of hydrogen-bond acceptors (Lipinski definition) is 7. The predicted molar refractivity (Wildman–Crippen MR) is 108 cm³/mol. The van der Waals surface area contributed by atoms with Gasteiger partial charge in [-0.1, -0.05) is 12.6 Å². The first kappa shape index (κ1) is 21.2. The van der Waals surface area contributed by atoms with Crippen molar-refractivity contribution >= 4 is 41.2 Å². The fourth-order valence-corrected chi connectivity index (χ4v) is 3.28. The molecular weight excluding hydrogens is 400 g/mol. The molecule has 2 fully saturated rings. The van der Waals surface area contributed by atoms with Gasteiger partial charge in [0.25, 0.3) is 0 Å². The molecule has 0 saturated carbocycles. The number of hydrogen-bond donors (Lipinski definition) is 2. The van der Waals surface area contributed by atoms with Gasteiger partial charge < -0.3 is 19.6 Å². The van der Waals surface area contributed by atoms with E-state index in [0.29, 0.717) is 38.4 Å². The molecule has 3 amide bonds. The average molecular weight is 424 g/mol. The van der Waals surface area contributed by atoms with Crippen LogP contribution in [0.3, 0.4) is 0 Å². The number of hydroxylamine groups is 2. The van der Waals surface area contributed by atoms with Gasteiger partial charge >= 0.3 is 11.3 Å². The Bertz CT molecular complexity index is 753. The normalized spacial score (nSPS) is 19.3. The van der Waals surface area contributed by atoms with Gasteiger partial charge in [0.05, 0.1) is 6.54 Å². The molecule has 2 heterocycles. The lowest BCUT2D eigenvalue weighted by atomic mass is 10.2. The van der Waals surface area contributed by atoms with Gasteiger partial charge in [-0.2, -0.15) is 0 Å². The summed E-state index contributed by atoms with van der Waals surface area (Å²) in [4.78, 5) is 45.3. The lowest BCUT2D eigenvalue weighted by molar-refractivity contribution is -0.134. The monoisotopic (exact) mass is 424 g/mol. The van der Waals surface area contributed by atoms with E-state index in [-0.39, 0.29) is 12.5 Å². The summed E-state index contributed by atoms with van der Waals surface area (Å²) in [5, 5.41) is 9.39. The van der Waals surface area contributed by atoms with Crippen molar-refractivity contribution in [1.82, 2.24) is 9.96 Å². The van der Waals surface area contributed by atoms with Crippen LogP contribution in [-0.4, -0.2) is 91.4 Å². The van der Waals surface area contributed by atoms with Crippen LogP contribution in [0, 0.1) is 0 Å². The van der Waals surface area contributed by atoms with Crippen LogP contribution in [0.4, 0.5) is 21.0 Å². The number of anilines is 2. The van der Waals surface area contributed by atoms with Crippen molar-refractivity contribution in [3.8, 4) is 0 Å². The third-order valence-electron chi connectivity index (χ3n) is 4.89. The molecular formula is C18H24N4O6S. The maximum atomic E-state index is 12.2. The van der Waals surface area contributed by atoms with Crippen LogP contribution < -0.4 is 9.80 Å². The number of aliphatic hydroxyl groups excluding tert-OH is 1. The van der Waals surface area contributed by atoms with Gasteiger partial charge in [-0.25, -0.2) is 9.86 Å². The largest absolute Gasteiger partial charge is 0.441 e. The van der Waals surface area contributed by atoms with E-state index in [4.69, 9.17) is 14.7 Å². The zero-order valence-electron chi connectivity index (χ0n) is 16.1.